The molecule has 0 spiro atoms. The Hall–Kier alpha value is -0.610. The van der Waals surface area contributed by atoms with Crippen LogP contribution in [-0.2, 0) is 9.53 Å². The molecule has 1 rings (SSSR count). The average molecular weight is 215 g/mol. The molecule has 0 aliphatic heterocycles. The van der Waals surface area contributed by atoms with Crippen molar-refractivity contribution in [1.82, 2.24) is 5.32 Å². The van der Waals surface area contributed by atoms with Crippen LogP contribution in [0.15, 0.2) is 0 Å². The van der Waals surface area contributed by atoms with Crippen LogP contribution < -0.4 is 5.32 Å². The summed E-state index contributed by atoms with van der Waals surface area (Å²) in [5, 5.41) is 12.0. The van der Waals surface area contributed by atoms with Gasteiger partial charge in [-0.25, -0.2) is 0 Å². The second-order valence-electron chi connectivity index (χ2n) is 4.44. The molecule has 2 N–H and O–H groups in total. The summed E-state index contributed by atoms with van der Waals surface area (Å²) in [5.41, 5.74) is -0.849. The lowest BCUT2D eigenvalue weighted by Gasteiger charge is -2.25. The molecule has 0 aromatic heterocycles. The number of carboxylic acid groups (broad SMARTS) is 1. The van der Waals surface area contributed by atoms with Crippen LogP contribution in [0.2, 0.25) is 0 Å². The molecule has 0 aromatic carbocycles. The molecule has 0 radical (unpaired) electrons. The standard InChI is InChI=1S/C11H21NO3/c1-3-12-11(2,10(13)14)6-7-15-8-9-4-5-9/h9,12H,3-8H2,1-2H3,(H,13,14). The Balaban J connectivity index is 2.20. The van der Waals surface area contributed by atoms with Crippen LogP contribution in [-0.4, -0.2) is 36.4 Å². The van der Waals surface area contributed by atoms with E-state index in [9.17, 15) is 4.79 Å². The number of aliphatic carboxylic acids is 1. The van der Waals surface area contributed by atoms with Crippen LogP contribution in [0.5, 0.6) is 0 Å². The smallest absolute Gasteiger partial charge is 0.323 e. The molecule has 1 aliphatic rings. The largest absolute Gasteiger partial charge is 0.480 e. The lowest BCUT2D eigenvalue weighted by Crippen LogP contribution is -2.50. The second kappa shape index (κ2) is 5.47. The van der Waals surface area contributed by atoms with Crippen molar-refractivity contribution in [3.63, 3.8) is 0 Å². The van der Waals surface area contributed by atoms with E-state index in [0.717, 1.165) is 12.5 Å². The van der Waals surface area contributed by atoms with E-state index < -0.39 is 11.5 Å². The molecule has 1 unspecified atom stereocenters. The molecule has 0 heterocycles. The van der Waals surface area contributed by atoms with Crippen LogP contribution in [0.1, 0.15) is 33.1 Å². The van der Waals surface area contributed by atoms with Gasteiger partial charge in [-0.3, -0.25) is 4.79 Å². The maximum Gasteiger partial charge on any atom is 0.323 e. The third-order valence-electron chi connectivity index (χ3n) is 2.84. The van der Waals surface area contributed by atoms with Gasteiger partial charge in [0.15, 0.2) is 0 Å². The molecular formula is C11H21NO3. The Kier molecular flexibility index (Phi) is 4.54. The van der Waals surface area contributed by atoms with Crippen LogP contribution in [0.4, 0.5) is 0 Å². The molecule has 1 saturated carbocycles. The van der Waals surface area contributed by atoms with Crippen molar-refractivity contribution in [2.45, 2.75) is 38.6 Å². The topological polar surface area (TPSA) is 58.6 Å². The predicted molar refractivity (Wildman–Crippen MR) is 57.9 cm³/mol. The van der Waals surface area contributed by atoms with Crippen molar-refractivity contribution < 1.29 is 14.6 Å². The summed E-state index contributed by atoms with van der Waals surface area (Å²) >= 11 is 0. The SMILES string of the molecule is CCNC(C)(CCOCC1CC1)C(=O)O. The summed E-state index contributed by atoms with van der Waals surface area (Å²) in [6, 6.07) is 0. The first-order chi connectivity index (χ1) is 7.08. The van der Waals surface area contributed by atoms with E-state index in [0.29, 0.717) is 19.6 Å². The van der Waals surface area contributed by atoms with E-state index in [1.165, 1.54) is 12.8 Å². The normalized spacial score (nSPS) is 19.9. The lowest BCUT2D eigenvalue weighted by molar-refractivity contribution is -0.145. The second-order valence-corrected chi connectivity index (χ2v) is 4.44. The molecule has 0 bridgehead atoms. The summed E-state index contributed by atoms with van der Waals surface area (Å²) in [5.74, 6) is -0.0698. The zero-order valence-corrected chi connectivity index (χ0v) is 9.58. The van der Waals surface area contributed by atoms with Crippen molar-refractivity contribution in [3.8, 4) is 0 Å². The fourth-order valence-corrected chi connectivity index (χ4v) is 1.47. The maximum atomic E-state index is 11.0. The van der Waals surface area contributed by atoms with Crippen molar-refractivity contribution in [3.05, 3.63) is 0 Å². The molecule has 4 nitrogen and oxygen atoms in total. The Morgan fingerprint density at radius 3 is 2.73 bits per heavy atom. The number of hydrogen-bond donors (Lipinski definition) is 2. The third-order valence-corrected chi connectivity index (χ3v) is 2.84. The summed E-state index contributed by atoms with van der Waals surface area (Å²) in [7, 11) is 0. The van der Waals surface area contributed by atoms with Crippen LogP contribution >= 0.6 is 0 Å². The number of carbonyl (C=O) groups is 1. The lowest BCUT2D eigenvalue weighted by atomic mass is 9.99. The summed E-state index contributed by atoms with van der Waals surface area (Å²) in [6.07, 6.45) is 3.05. The van der Waals surface area contributed by atoms with Gasteiger partial charge in [0.25, 0.3) is 0 Å². The Labute approximate surface area is 91.0 Å². The Morgan fingerprint density at radius 1 is 1.60 bits per heavy atom. The van der Waals surface area contributed by atoms with Gasteiger partial charge in [-0.1, -0.05) is 6.92 Å². The van der Waals surface area contributed by atoms with Gasteiger partial charge in [-0.05, 0) is 38.6 Å². The molecule has 1 fully saturated rings. The highest BCUT2D eigenvalue weighted by molar-refractivity contribution is 5.78. The third kappa shape index (κ3) is 4.18. The summed E-state index contributed by atoms with van der Waals surface area (Å²) in [4.78, 5) is 11.0. The molecule has 0 saturated heterocycles. The van der Waals surface area contributed by atoms with Gasteiger partial charge in [-0.2, -0.15) is 0 Å². The number of carboxylic acids is 1. The van der Waals surface area contributed by atoms with Gasteiger partial charge in [0.05, 0.1) is 0 Å². The zero-order chi connectivity index (χ0) is 11.3. The molecule has 1 atom stereocenters. The first kappa shape index (κ1) is 12.5. The molecule has 0 aromatic rings. The summed E-state index contributed by atoms with van der Waals surface area (Å²) in [6.45, 7) is 5.59. The monoisotopic (exact) mass is 215 g/mol. The summed E-state index contributed by atoms with van der Waals surface area (Å²) < 4.78 is 5.45. The highest BCUT2D eigenvalue weighted by Crippen LogP contribution is 2.28. The molecule has 1 aliphatic carbocycles. The van der Waals surface area contributed by atoms with E-state index in [1.54, 1.807) is 6.92 Å². The van der Waals surface area contributed by atoms with Crippen LogP contribution in [0.25, 0.3) is 0 Å². The number of likely N-dealkylation sites (N-methyl/N-ethyl adjacent to an activating group) is 1. The average Bonchev–Trinajstić information content (AvgIpc) is 2.96. The number of hydrogen-bond acceptors (Lipinski definition) is 3. The van der Waals surface area contributed by atoms with E-state index in [4.69, 9.17) is 9.84 Å². The van der Waals surface area contributed by atoms with Crippen LogP contribution in [0, 0.1) is 5.92 Å². The van der Waals surface area contributed by atoms with Gasteiger partial charge in [0.1, 0.15) is 5.54 Å². The van der Waals surface area contributed by atoms with Crippen molar-refractivity contribution in [1.29, 1.82) is 0 Å². The first-order valence-electron chi connectivity index (χ1n) is 5.64. The molecule has 88 valence electrons. The molecule has 15 heavy (non-hydrogen) atoms. The maximum absolute atomic E-state index is 11.0. The van der Waals surface area contributed by atoms with E-state index in [2.05, 4.69) is 5.32 Å². The first-order valence-corrected chi connectivity index (χ1v) is 5.64. The Morgan fingerprint density at radius 2 is 2.27 bits per heavy atom. The quantitative estimate of drug-likeness (QED) is 0.598. The van der Waals surface area contributed by atoms with Crippen molar-refractivity contribution in [2.24, 2.45) is 5.92 Å². The fraction of sp³-hybridized carbons (Fsp3) is 0.909. The minimum Gasteiger partial charge on any atom is -0.480 e. The van der Waals surface area contributed by atoms with Crippen molar-refractivity contribution in [2.75, 3.05) is 19.8 Å². The van der Waals surface area contributed by atoms with Crippen LogP contribution in [0.3, 0.4) is 0 Å². The molecule has 0 amide bonds. The highest BCUT2D eigenvalue weighted by atomic mass is 16.5. The number of nitrogens with one attached hydrogen (secondary N) is 1. The van der Waals surface area contributed by atoms with Crippen molar-refractivity contribution >= 4 is 5.97 Å². The molecular weight excluding hydrogens is 194 g/mol. The van der Waals surface area contributed by atoms with Gasteiger partial charge >= 0.3 is 5.97 Å². The number of ether oxygens (including phenoxy) is 1. The zero-order valence-electron chi connectivity index (χ0n) is 9.58. The van der Waals surface area contributed by atoms with E-state index in [-0.39, 0.29) is 0 Å². The van der Waals surface area contributed by atoms with Gasteiger partial charge in [0, 0.05) is 13.2 Å². The fourth-order valence-electron chi connectivity index (χ4n) is 1.47. The van der Waals surface area contributed by atoms with Gasteiger partial charge < -0.3 is 15.2 Å². The molecule has 4 heteroatoms. The van der Waals surface area contributed by atoms with E-state index in [1.807, 2.05) is 6.92 Å². The highest BCUT2D eigenvalue weighted by Gasteiger charge is 2.31. The van der Waals surface area contributed by atoms with E-state index >= 15 is 0 Å². The predicted octanol–water partition coefficient (Wildman–Crippen LogP) is 1.26. The minimum absolute atomic E-state index is 0.517. The van der Waals surface area contributed by atoms with Gasteiger partial charge in [0.2, 0.25) is 0 Å². The number of rotatable bonds is 8. The minimum atomic E-state index is -0.849. The van der Waals surface area contributed by atoms with Gasteiger partial charge in [-0.15, -0.1) is 0 Å². The Bertz CT molecular complexity index is 216.